The van der Waals surface area contributed by atoms with E-state index in [-0.39, 0.29) is 29.5 Å². The highest BCUT2D eigenvalue weighted by Crippen LogP contribution is 2.39. The average Bonchev–Trinajstić information content (AvgIpc) is 3.04. The van der Waals surface area contributed by atoms with Crippen LogP contribution < -0.4 is 0 Å². The van der Waals surface area contributed by atoms with Crippen molar-refractivity contribution in [2.75, 3.05) is 13.1 Å². The maximum Gasteiger partial charge on any atom is 0.319 e. The zero-order valence-corrected chi connectivity index (χ0v) is 17.2. The van der Waals surface area contributed by atoms with Crippen LogP contribution in [0.5, 0.6) is 17.5 Å². The second kappa shape index (κ2) is 7.90. The molecule has 29 heavy (non-hydrogen) atoms. The predicted molar refractivity (Wildman–Crippen MR) is 107 cm³/mol. The Balaban J connectivity index is 2.27. The number of aromatic hydroxyl groups is 3. The zero-order valence-electron chi connectivity index (χ0n) is 15.6. The molecule has 0 amide bonds. The first kappa shape index (κ1) is 20.9. The standard InChI is InChI=1S/C18H19ClN4O5S/c1-3-22(4-2)29(27,28)16-9-11(14(24)10-15(16)25)17-20-21-18(26)23(17)13-8-6-5-7-12(13)19/h5-10,24-25H,3-4H2,1-2H3,(H,21,26). The third-order valence-electron chi connectivity index (χ3n) is 4.38. The van der Waals surface area contributed by atoms with Gasteiger partial charge in [0.15, 0.2) is 5.82 Å². The Hall–Kier alpha value is -2.82. The lowest BCUT2D eigenvalue weighted by atomic mass is 10.1. The van der Waals surface area contributed by atoms with E-state index in [4.69, 9.17) is 11.6 Å². The third-order valence-corrected chi connectivity index (χ3v) is 6.78. The van der Waals surface area contributed by atoms with Gasteiger partial charge >= 0.3 is 6.01 Å². The molecule has 0 atom stereocenters. The number of rotatable bonds is 6. The SMILES string of the molecule is CCN(CC)S(=O)(=O)c1cc(-c2nnc(O)n2-c2ccccc2Cl)c(O)cc1O. The van der Waals surface area contributed by atoms with E-state index in [1.165, 1.54) is 8.87 Å². The van der Waals surface area contributed by atoms with Gasteiger partial charge in [-0.05, 0) is 18.2 Å². The molecule has 9 nitrogen and oxygen atoms in total. The molecule has 0 aliphatic rings. The number of aromatic nitrogens is 3. The van der Waals surface area contributed by atoms with Crippen molar-refractivity contribution in [2.45, 2.75) is 18.7 Å². The predicted octanol–water partition coefficient (Wildman–Crippen LogP) is 2.74. The molecule has 1 aromatic heterocycles. The summed E-state index contributed by atoms with van der Waals surface area (Å²) >= 11 is 6.20. The van der Waals surface area contributed by atoms with E-state index in [2.05, 4.69) is 10.2 Å². The van der Waals surface area contributed by atoms with E-state index in [0.717, 1.165) is 12.1 Å². The molecule has 0 bridgehead atoms. The van der Waals surface area contributed by atoms with Crippen LogP contribution in [0.25, 0.3) is 17.1 Å². The summed E-state index contributed by atoms with van der Waals surface area (Å²) in [6.45, 7) is 3.74. The molecule has 3 N–H and O–H groups in total. The van der Waals surface area contributed by atoms with Gasteiger partial charge in [0.1, 0.15) is 16.4 Å². The molecule has 3 aromatic rings. The second-order valence-corrected chi connectivity index (χ2v) is 8.35. The maximum atomic E-state index is 12.9. The van der Waals surface area contributed by atoms with Crippen molar-refractivity contribution >= 4 is 21.6 Å². The van der Waals surface area contributed by atoms with Crippen LogP contribution in [0.3, 0.4) is 0 Å². The van der Waals surface area contributed by atoms with Crippen LogP contribution in [0, 0.1) is 0 Å². The van der Waals surface area contributed by atoms with Gasteiger partial charge in [-0.1, -0.05) is 42.7 Å². The van der Waals surface area contributed by atoms with Gasteiger partial charge in [0.05, 0.1) is 16.3 Å². The lowest BCUT2D eigenvalue weighted by molar-refractivity contribution is 0.420. The molecule has 0 aliphatic carbocycles. The lowest BCUT2D eigenvalue weighted by Gasteiger charge is -2.20. The molecular weight excluding hydrogens is 420 g/mol. The first-order valence-electron chi connectivity index (χ1n) is 8.68. The number of benzene rings is 2. The van der Waals surface area contributed by atoms with Gasteiger partial charge < -0.3 is 15.3 Å². The van der Waals surface area contributed by atoms with Crippen molar-refractivity contribution in [3.8, 4) is 34.6 Å². The number of phenolic OH excluding ortho intramolecular Hbond substituents is 2. The van der Waals surface area contributed by atoms with Crippen molar-refractivity contribution in [1.29, 1.82) is 0 Å². The van der Waals surface area contributed by atoms with Gasteiger partial charge in [-0.3, -0.25) is 0 Å². The van der Waals surface area contributed by atoms with Crippen LogP contribution in [0.15, 0.2) is 41.3 Å². The molecule has 154 valence electrons. The van der Waals surface area contributed by atoms with E-state index in [9.17, 15) is 23.7 Å². The number of sulfonamides is 1. The average molecular weight is 439 g/mol. The molecule has 11 heteroatoms. The normalized spacial score (nSPS) is 11.9. The van der Waals surface area contributed by atoms with Gasteiger partial charge in [0, 0.05) is 19.2 Å². The van der Waals surface area contributed by atoms with E-state index in [0.29, 0.717) is 5.69 Å². The molecule has 0 spiro atoms. The number of para-hydroxylation sites is 1. The van der Waals surface area contributed by atoms with Crippen LogP contribution in [0.4, 0.5) is 0 Å². The minimum absolute atomic E-state index is 0.0518. The number of hydrogen-bond donors (Lipinski definition) is 3. The highest BCUT2D eigenvalue weighted by molar-refractivity contribution is 7.89. The largest absolute Gasteiger partial charge is 0.507 e. The number of hydrogen-bond acceptors (Lipinski definition) is 7. The minimum Gasteiger partial charge on any atom is -0.507 e. The first-order chi connectivity index (χ1) is 13.7. The Morgan fingerprint density at radius 1 is 1.03 bits per heavy atom. The summed E-state index contributed by atoms with van der Waals surface area (Å²) in [5.41, 5.74) is 0.272. The molecule has 3 rings (SSSR count). The fourth-order valence-corrected chi connectivity index (χ4v) is 4.72. The zero-order chi connectivity index (χ0) is 21.3. The molecule has 2 aromatic carbocycles. The topological polar surface area (TPSA) is 129 Å². The summed E-state index contributed by atoms with van der Waals surface area (Å²) < 4.78 is 28.1. The molecule has 0 fully saturated rings. The Bertz CT molecular complexity index is 1160. The number of halogens is 1. The molecule has 0 radical (unpaired) electrons. The highest BCUT2D eigenvalue weighted by atomic mass is 35.5. The van der Waals surface area contributed by atoms with Crippen LogP contribution in [-0.4, -0.2) is 55.9 Å². The van der Waals surface area contributed by atoms with Crippen molar-refractivity contribution in [3.63, 3.8) is 0 Å². The molecular formula is C18H19ClN4O5S. The van der Waals surface area contributed by atoms with Crippen LogP contribution >= 0.6 is 11.6 Å². The lowest BCUT2D eigenvalue weighted by Crippen LogP contribution is -2.30. The van der Waals surface area contributed by atoms with Crippen LogP contribution in [-0.2, 0) is 10.0 Å². The molecule has 1 heterocycles. The van der Waals surface area contributed by atoms with Gasteiger partial charge in [-0.25, -0.2) is 13.0 Å². The van der Waals surface area contributed by atoms with Crippen molar-refractivity contribution in [1.82, 2.24) is 19.1 Å². The Kier molecular flexibility index (Phi) is 5.69. The van der Waals surface area contributed by atoms with Gasteiger partial charge in [-0.15, -0.1) is 5.10 Å². The Morgan fingerprint density at radius 3 is 2.31 bits per heavy atom. The van der Waals surface area contributed by atoms with E-state index in [1.54, 1.807) is 38.1 Å². The van der Waals surface area contributed by atoms with Crippen LogP contribution in [0.1, 0.15) is 13.8 Å². The third kappa shape index (κ3) is 3.61. The monoisotopic (exact) mass is 438 g/mol. The quantitative estimate of drug-likeness (QED) is 0.539. The number of phenols is 2. The molecule has 0 aliphatic heterocycles. The number of nitrogens with zero attached hydrogens (tertiary/aromatic N) is 4. The van der Waals surface area contributed by atoms with E-state index >= 15 is 0 Å². The fourth-order valence-electron chi connectivity index (χ4n) is 2.95. The summed E-state index contributed by atoms with van der Waals surface area (Å²) in [5.74, 6) is -1.10. The first-order valence-corrected chi connectivity index (χ1v) is 10.5. The summed E-state index contributed by atoms with van der Waals surface area (Å²) in [6.07, 6.45) is 0. The van der Waals surface area contributed by atoms with Gasteiger partial charge in [-0.2, -0.15) is 4.31 Å². The molecule has 0 unspecified atom stereocenters. The summed E-state index contributed by atoms with van der Waals surface area (Å²) in [6, 6.07) is 8.06. The van der Waals surface area contributed by atoms with Crippen molar-refractivity contribution in [2.24, 2.45) is 0 Å². The second-order valence-electron chi connectivity index (χ2n) is 6.04. The smallest absolute Gasteiger partial charge is 0.319 e. The summed E-state index contributed by atoms with van der Waals surface area (Å²) in [7, 11) is -4.03. The van der Waals surface area contributed by atoms with Gasteiger partial charge in [0.2, 0.25) is 10.0 Å². The minimum atomic E-state index is -4.03. The van der Waals surface area contributed by atoms with E-state index in [1.807, 2.05) is 0 Å². The van der Waals surface area contributed by atoms with Crippen molar-refractivity contribution < 1.29 is 23.7 Å². The molecule has 0 saturated heterocycles. The summed E-state index contributed by atoms with van der Waals surface area (Å²) in [4.78, 5) is -0.401. The fraction of sp³-hybridized carbons (Fsp3) is 0.222. The molecule has 0 saturated carbocycles. The highest BCUT2D eigenvalue weighted by Gasteiger charge is 2.29. The van der Waals surface area contributed by atoms with Crippen molar-refractivity contribution in [3.05, 3.63) is 41.4 Å². The maximum absolute atomic E-state index is 12.9. The van der Waals surface area contributed by atoms with Gasteiger partial charge in [0.25, 0.3) is 0 Å². The van der Waals surface area contributed by atoms with E-state index < -0.39 is 32.4 Å². The van der Waals surface area contributed by atoms with Crippen LogP contribution in [0.2, 0.25) is 5.02 Å². The Morgan fingerprint density at radius 2 is 1.69 bits per heavy atom. The summed E-state index contributed by atoms with van der Waals surface area (Å²) in [5, 5.41) is 38.5. The Labute approximate surface area is 172 Å².